The summed E-state index contributed by atoms with van der Waals surface area (Å²) in [5.74, 6) is 3.22. The maximum absolute atomic E-state index is 12.1. The molecular weight excluding hydrogens is 288 g/mol. The van der Waals surface area contributed by atoms with Crippen molar-refractivity contribution in [2.24, 2.45) is 5.92 Å². The molecule has 1 aromatic heterocycles. The first-order valence-electron chi connectivity index (χ1n) is 7.27. The number of aromatic nitrogens is 2. The summed E-state index contributed by atoms with van der Waals surface area (Å²) in [5.41, 5.74) is 0.111. The lowest BCUT2D eigenvalue weighted by Crippen LogP contribution is -2.37. The van der Waals surface area contributed by atoms with Gasteiger partial charge in [0, 0.05) is 13.1 Å². The molecule has 0 aliphatic carbocycles. The van der Waals surface area contributed by atoms with Gasteiger partial charge in [0.2, 0.25) is 0 Å². The number of hydrogen-bond acceptors (Lipinski definition) is 4. The van der Waals surface area contributed by atoms with Gasteiger partial charge in [-0.1, -0.05) is 24.4 Å². The predicted molar refractivity (Wildman–Crippen MR) is 85.7 cm³/mol. The van der Waals surface area contributed by atoms with Gasteiger partial charge in [-0.05, 0) is 31.8 Å². The van der Waals surface area contributed by atoms with Crippen molar-refractivity contribution in [2.45, 2.75) is 26.3 Å². The second-order valence-corrected chi connectivity index (χ2v) is 5.89. The third-order valence-corrected chi connectivity index (χ3v) is 4.13. The lowest BCUT2D eigenvalue weighted by Gasteiger charge is -2.30. The molecular formula is C15H21ClN4O. The summed E-state index contributed by atoms with van der Waals surface area (Å²) in [4.78, 5) is 14.6. The third kappa shape index (κ3) is 4.23. The van der Waals surface area contributed by atoms with E-state index in [2.05, 4.69) is 28.2 Å². The first-order valence-corrected chi connectivity index (χ1v) is 7.65. The second-order valence-electron chi connectivity index (χ2n) is 5.49. The normalized spacial score (nSPS) is 16.6. The maximum Gasteiger partial charge on any atom is 0.292 e. The molecule has 0 aromatic carbocycles. The van der Waals surface area contributed by atoms with Crippen LogP contribution in [0.25, 0.3) is 0 Å². The molecule has 1 aliphatic rings. The highest BCUT2D eigenvalue weighted by molar-refractivity contribution is 6.32. The number of nitrogens with one attached hydrogen (secondary N) is 1. The van der Waals surface area contributed by atoms with Crippen LogP contribution >= 0.6 is 11.6 Å². The van der Waals surface area contributed by atoms with Crippen LogP contribution in [0.1, 0.15) is 19.8 Å². The van der Waals surface area contributed by atoms with Gasteiger partial charge in [-0.15, -0.1) is 6.42 Å². The highest BCUT2D eigenvalue weighted by atomic mass is 35.5. The monoisotopic (exact) mass is 308 g/mol. The summed E-state index contributed by atoms with van der Waals surface area (Å²) in [5, 5.41) is 7.37. The molecule has 0 amide bonds. The molecule has 0 bridgehead atoms. The smallest absolute Gasteiger partial charge is 0.292 e. The number of rotatable bonds is 5. The zero-order chi connectivity index (χ0) is 15.2. The van der Waals surface area contributed by atoms with Crippen LogP contribution in [0.4, 0.5) is 5.69 Å². The summed E-state index contributed by atoms with van der Waals surface area (Å²) in [6.07, 6.45) is 9.15. The van der Waals surface area contributed by atoms with E-state index in [1.165, 1.54) is 23.7 Å². The van der Waals surface area contributed by atoms with Crippen LogP contribution in [0.3, 0.4) is 0 Å². The fourth-order valence-corrected chi connectivity index (χ4v) is 2.64. The Kier molecular flexibility index (Phi) is 5.66. The molecule has 6 heteroatoms. The van der Waals surface area contributed by atoms with E-state index in [0.29, 0.717) is 17.3 Å². The molecule has 1 saturated heterocycles. The number of halogens is 1. The van der Waals surface area contributed by atoms with Crippen molar-refractivity contribution in [3.63, 3.8) is 0 Å². The summed E-state index contributed by atoms with van der Waals surface area (Å²) < 4.78 is 1.23. The van der Waals surface area contributed by atoms with Gasteiger partial charge in [0.1, 0.15) is 12.2 Å². The largest absolute Gasteiger partial charge is 0.378 e. The Morgan fingerprint density at radius 3 is 2.90 bits per heavy atom. The number of anilines is 1. The maximum atomic E-state index is 12.1. The molecule has 5 nitrogen and oxygen atoms in total. The molecule has 1 fully saturated rings. The molecule has 21 heavy (non-hydrogen) atoms. The SMILES string of the molecule is C#CCn1ncc(Cl)c(NCCN2CCC(C)CC2)c1=O. The Morgan fingerprint density at radius 2 is 2.24 bits per heavy atom. The lowest BCUT2D eigenvalue weighted by molar-refractivity contribution is 0.199. The average Bonchev–Trinajstić information content (AvgIpc) is 2.48. The summed E-state index contributed by atoms with van der Waals surface area (Å²) in [6, 6.07) is 0. The number of likely N-dealkylation sites (tertiary alicyclic amines) is 1. The van der Waals surface area contributed by atoms with Gasteiger partial charge in [0.25, 0.3) is 5.56 Å². The highest BCUT2D eigenvalue weighted by Gasteiger charge is 2.15. The van der Waals surface area contributed by atoms with Crippen molar-refractivity contribution in [3.05, 3.63) is 21.6 Å². The van der Waals surface area contributed by atoms with Crippen LogP contribution in [-0.4, -0.2) is 40.9 Å². The molecule has 114 valence electrons. The van der Waals surface area contributed by atoms with Crippen LogP contribution in [0.15, 0.2) is 11.0 Å². The van der Waals surface area contributed by atoms with Gasteiger partial charge < -0.3 is 10.2 Å². The van der Waals surface area contributed by atoms with Crippen LogP contribution in [-0.2, 0) is 6.54 Å². The predicted octanol–water partition coefficient (Wildman–Crippen LogP) is 1.67. The number of terminal acetylenes is 1. The summed E-state index contributed by atoms with van der Waals surface area (Å²) in [7, 11) is 0. The highest BCUT2D eigenvalue weighted by Crippen LogP contribution is 2.17. The van der Waals surface area contributed by atoms with Crippen LogP contribution < -0.4 is 10.9 Å². The Hall–Kier alpha value is -1.51. The van der Waals surface area contributed by atoms with E-state index in [4.69, 9.17) is 18.0 Å². The zero-order valence-electron chi connectivity index (χ0n) is 12.3. The standard InChI is InChI=1S/C15H21ClN4O/c1-3-7-20-15(21)14(13(16)11-18-20)17-6-10-19-8-4-12(2)5-9-19/h1,11-12,17H,4-10H2,2H3. The van der Waals surface area contributed by atoms with E-state index in [9.17, 15) is 4.79 Å². The van der Waals surface area contributed by atoms with E-state index in [1.807, 2.05) is 0 Å². The fraction of sp³-hybridized carbons (Fsp3) is 0.600. The number of hydrogen-bond donors (Lipinski definition) is 1. The molecule has 1 aliphatic heterocycles. The van der Waals surface area contributed by atoms with Gasteiger partial charge in [-0.3, -0.25) is 4.79 Å². The minimum Gasteiger partial charge on any atom is -0.378 e. The quantitative estimate of drug-likeness (QED) is 0.841. The number of piperidine rings is 1. The van der Waals surface area contributed by atoms with Crippen LogP contribution in [0.5, 0.6) is 0 Å². The average molecular weight is 309 g/mol. The Labute approximate surface area is 130 Å². The van der Waals surface area contributed by atoms with Crippen LogP contribution in [0, 0.1) is 18.3 Å². The summed E-state index contributed by atoms with van der Waals surface area (Å²) in [6.45, 7) is 6.26. The first kappa shape index (κ1) is 15.9. The molecule has 2 rings (SSSR count). The fourth-order valence-electron chi connectivity index (χ4n) is 2.45. The van der Waals surface area contributed by atoms with Crippen LogP contribution in [0.2, 0.25) is 5.02 Å². The van der Waals surface area contributed by atoms with Gasteiger partial charge >= 0.3 is 0 Å². The molecule has 2 heterocycles. The second kappa shape index (κ2) is 7.48. The molecule has 0 unspecified atom stereocenters. The Balaban J connectivity index is 1.92. The van der Waals surface area contributed by atoms with E-state index in [0.717, 1.165) is 25.6 Å². The van der Waals surface area contributed by atoms with E-state index in [1.54, 1.807) is 0 Å². The van der Waals surface area contributed by atoms with Gasteiger partial charge in [-0.25, -0.2) is 4.68 Å². The van der Waals surface area contributed by atoms with E-state index >= 15 is 0 Å². The van der Waals surface area contributed by atoms with E-state index < -0.39 is 0 Å². The molecule has 0 spiro atoms. The molecule has 0 radical (unpaired) electrons. The Bertz CT molecular complexity index is 570. The van der Waals surface area contributed by atoms with Gasteiger partial charge in [0.05, 0.1) is 11.2 Å². The van der Waals surface area contributed by atoms with Gasteiger partial charge in [0.15, 0.2) is 0 Å². The van der Waals surface area contributed by atoms with Crippen molar-refractivity contribution in [1.29, 1.82) is 0 Å². The molecule has 0 saturated carbocycles. The zero-order valence-corrected chi connectivity index (χ0v) is 13.1. The third-order valence-electron chi connectivity index (χ3n) is 3.84. The Morgan fingerprint density at radius 1 is 1.52 bits per heavy atom. The van der Waals surface area contributed by atoms with Crippen molar-refractivity contribution in [2.75, 3.05) is 31.5 Å². The molecule has 1 aromatic rings. The summed E-state index contributed by atoms with van der Waals surface area (Å²) >= 11 is 6.04. The van der Waals surface area contributed by atoms with Crippen molar-refractivity contribution >= 4 is 17.3 Å². The number of nitrogens with zero attached hydrogens (tertiary/aromatic N) is 3. The molecule has 1 N–H and O–H groups in total. The lowest BCUT2D eigenvalue weighted by atomic mass is 9.99. The topological polar surface area (TPSA) is 50.2 Å². The van der Waals surface area contributed by atoms with Gasteiger partial charge in [-0.2, -0.15) is 5.10 Å². The van der Waals surface area contributed by atoms with E-state index in [-0.39, 0.29) is 12.1 Å². The first-order chi connectivity index (χ1) is 10.1. The van der Waals surface area contributed by atoms with Crippen molar-refractivity contribution in [1.82, 2.24) is 14.7 Å². The van der Waals surface area contributed by atoms with Crippen molar-refractivity contribution < 1.29 is 0 Å². The minimum atomic E-state index is -0.271. The molecule has 0 atom stereocenters. The van der Waals surface area contributed by atoms with Crippen molar-refractivity contribution in [3.8, 4) is 12.3 Å². The minimum absolute atomic E-state index is 0.148.